The van der Waals surface area contributed by atoms with Gasteiger partial charge in [-0.2, -0.15) is 0 Å². The number of piperidine rings is 1. The van der Waals surface area contributed by atoms with Gasteiger partial charge in [0.2, 0.25) is 0 Å². The summed E-state index contributed by atoms with van der Waals surface area (Å²) in [5.74, 6) is 0.0976. The Balaban J connectivity index is 1.44. The molecule has 37 heavy (non-hydrogen) atoms. The topological polar surface area (TPSA) is 59.0 Å². The van der Waals surface area contributed by atoms with E-state index in [1.165, 1.54) is 27.9 Å². The standard InChI is InChI=1S/C32H37NO4/c1-36-32(37-2)24-17-19-33(20-18-24)27-14-11-23(12-15-27)30-28(22-7-4-3-5-8-22)10-6-9-25-21-26(31(34)35)13-16-29(25)30/h3-5,7-8,11-16,21,24,28,30,32H,6,9-10,17-20H2,1-2H3,(H,34,35)/t28-,30+/m1/s1. The molecule has 0 aromatic heterocycles. The maximum atomic E-state index is 11.7. The first-order valence-electron chi connectivity index (χ1n) is 13.4. The van der Waals surface area contributed by atoms with Gasteiger partial charge in [0.1, 0.15) is 0 Å². The van der Waals surface area contributed by atoms with E-state index in [9.17, 15) is 9.90 Å². The summed E-state index contributed by atoms with van der Waals surface area (Å²) in [7, 11) is 3.44. The van der Waals surface area contributed by atoms with E-state index in [-0.39, 0.29) is 12.2 Å². The molecule has 5 heteroatoms. The molecule has 3 aromatic carbocycles. The number of ether oxygens (including phenoxy) is 2. The number of hydrogen-bond acceptors (Lipinski definition) is 4. The monoisotopic (exact) mass is 499 g/mol. The molecule has 5 nitrogen and oxygen atoms in total. The molecule has 1 N–H and O–H groups in total. The summed E-state index contributed by atoms with van der Waals surface area (Å²) in [5, 5.41) is 9.58. The lowest BCUT2D eigenvalue weighted by atomic mass is 9.75. The van der Waals surface area contributed by atoms with Gasteiger partial charge in [-0.15, -0.1) is 0 Å². The lowest BCUT2D eigenvalue weighted by Gasteiger charge is -2.36. The zero-order valence-electron chi connectivity index (χ0n) is 21.8. The van der Waals surface area contributed by atoms with Crippen LogP contribution in [0.4, 0.5) is 5.69 Å². The Morgan fingerprint density at radius 1 is 0.892 bits per heavy atom. The lowest BCUT2D eigenvalue weighted by molar-refractivity contribution is -0.141. The Morgan fingerprint density at radius 2 is 1.59 bits per heavy atom. The van der Waals surface area contributed by atoms with Gasteiger partial charge in [0, 0.05) is 44.8 Å². The quantitative estimate of drug-likeness (QED) is 0.298. The molecule has 1 aliphatic carbocycles. The van der Waals surface area contributed by atoms with Crippen LogP contribution in [0.15, 0.2) is 72.8 Å². The van der Waals surface area contributed by atoms with Crippen molar-refractivity contribution in [3.05, 3.63) is 101 Å². The molecule has 1 fully saturated rings. The predicted octanol–water partition coefficient (Wildman–Crippen LogP) is 6.47. The highest BCUT2D eigenvalue weighted by Crippen LogP contribution is 2.45. The summed E-state index contributed by atoms with van der Waals surface area (Å²) in [4.78, 5) is 14.1. The molecule has 5 rings (SSSR count). The van der Waals surface area contributed by atoms with E-state index in [1.54, 1.807) is 20.3 Å². The average molecular weight is 500 g/mol. The summed E-state index contributed by atoms with van der Waals surface area (Å²) in [6, 6.07) is 25.6. The Bertz CT molecular complexity index is 1180. The van der Waals surface area contributed by atoms with Crippen LogP contribution in [0.1, 0.15) is 70.1 Å². The Kier molecular flexibility index (Phi) is 7.92. The lowest BCUT2D eigenvalue weighted by Crippen LogP contribution is -2.39. The number of carboxylic acids is 1. The molecule has 1 saturated heterocycles. The van der Waals surface area contributed by atoms with E-state index in [4.69, 9.17) is 9.47 Å². The van der Waals surface area contributed by atoms with Crippen LogP contribution in [0, 0.1) is 5.92 Å². The first-order chi connectivity index (χ1) is 18.1. The van der Waals surface area contributed by atoms with Crippen LogP contribution in [-0.2, 0) is 15.9 Å². The van der Waals surface area contributed by atoms with Crippen LogP contribution in [0.5, 0.6) is 0 Å². The third-order valence-electron chi connectivity index (χ3n) is 8.32. The van der Waals surface area contributed by atoms with Gasteiger partial charge in [0.15, 0.2) is 6.29 Å². The second-order valence-corrected chi connectivity index (χ2v) is 10.4. The molecule has 3 aromatic rings. The summed E-state index contributed by atoms with van der Waals surface area (Å²) in [6.07, 6.45) is 4.99. The van der Waals surface area contributed by atoms with Gasteiger partial charge < -0.3 is 19.5 Å². The molecule has 1 aliphatic heterocycles. The van der Waals surface area contributed by atoms with Crippen molar-refractivity contribution in [2.24, 2.45) is 5.92 Å². The highest BCUT2D eigenvalue weighted by atomic mass is 16.7. The van der Waals surface area contributed by atoms with Crippen molar-refractivity contribution in [1.82, 2.24) is 0 Å². The number of methoxy groups -OCH3 is 2. The fraction of sp³-hybridized carbons (Fsp3) is 0.406. The number of nitrogens with zero attached hydrogens (tertiary/aromatic N) is 1. The van der Waals surface area contributed by atoms with Crippen molar-refractivity contribution in [2.45, 2.75) is 50.2 Å². The molecule has 1 heterocycles. The van der Waals surface area contributed by atoms with E-state index in [0.29, 0.717) is 17.4 Å². The van der Waals surface area contributed by atoms with E-state index in [0.717, 1.165) is 45.2 Å². The minimum Gasteiger partial charge on any atom is -0.478 e. The maximum Gasteiger partial charge on any atom is 0.335 e. The zero-order valence-corrected chi connectivity index (χ0v) is 21.8. The number of carboxylic acid groups (broad SMARTS) is 1. The highest BCUT2D eigenvalue weighted by molar-refractivity contribution is 5.88. The summed E-state index contributed by atoms with van der Waals surface area (Å²) < 4.78 is 11.0. The number of benzene rings is 3. The molecule has 0 amide bonds. The van der Waals surface area contributed by atoms with Crippen molar-refractivity contribution in [3.8, 4) is 0 Å². The number of anilines is 1. The minimum absolute atomic E-state index is 0.128. The Hall–Kier alpha value is -3.15. The van der Waals surface area contributed by atoms with E-state index in [2.05, 4.69) is 65.6 Å². The average Bonchev–Trinajstić information content (AvgIpc) is 3.14. The third-order valence-corrected chi connectivity index (χ3v) is 8.32. The van der Waals surface area contributed by atoms with E-state index >= 15 is 0 Å². The van der Waals surface area contributed by atoms with Gasteiger partial charge in [-0.25, -0.2) is 4.79 Å². The van der Waals surface area contributed by atoms with Gasteiger partial charge >= 0.3 is 5.97 Å². The molecule has 2 aliphatic rings. The van der Waals surface area contributed by atoms with Crippen molar-refractivity contribution in [3.63, 3.8) is 0 Å². The smallest absolute Gasteiger partial charge is 0.335 e. The second kappa shape index (κ2) is 11.5. The Labute approximate surface area is 220 Å². The van der Waals surface area contributed by atoms with Crippen LogP contribution >= 0.6 is 0 Å². The van der Waals surface area contributed by atoms with Gasteiger partial charge in [-0.1, -0.05) is 48.5 Å². The largest absolute Gasteiger partial charge is 0.478 e. The fourth-order valence-corrected chi connectivity index (χ4v) is 6.43. The molecule has 2 atom stereocenters. The molecule has 194 valence electrons. The fourth-order valence-electron chi connectivity index (χ4n) is 6.43. The van der Waals surface area contributed by atoms with Crippen molar-refractivity contribution in [1.29, 1.82) is 0 Å². The molecule has 0 unspecified atom stereocenters. The molecular formula is C32H37NO4. The molecule has 0 radical (unpaired) electrons. The van der Waals surface area contributed by atoms with Crippen LogP contribution in [0.3, 0.4) is 0 Å². The number of aryl methyl sites for hydroxylation is 1. The van der Waals surface area contributed by atoms with Crippen LogP contribution in [0.25, 0.3) is 0 Å². The SMILES string of the molecule is COC(OC)C1CCN(c2ccc([C@@H]3c4ccc(C(=O)O)cc4CCC[C@@H]3c3ccccc3)cc2)CC1. The molecule has 0 spiro atoms. The number of fused-ring (bicyclic) bond motifs is 1. The number of carbonyl (C=O) groups is 1. The zero-order chi connectivity index (χ0) is 25.8. The molecule has 0 saturated carbocycles. The first-order valence-corrected chi connectivity index (χ1v) is 13.4. The predicted molar refractivity (Wildman–Crippen MR) is 147 cm³/mol. The van der Waals surface area contributed by atoms with Gasteiger partial charge in [-0.05, 0) is 84.5 Å². The van der Waals surface area contributed by atoms with E-state index in [1.807, 2.05) is 6.07 Å². The molecular weight excluding hydrogens is 462 g/mol. The number of hydrogen-bond donors (Lipinski definition) is 1. The van der Waals surface area contributed by atoms with Crippen molar-refractivity contribution >= 4 is 11.7 Å². The van der Waals surface area contributed by atoms with Crippen molar-refractivity contribution < 1.29 is 19.4 Å². The first kappa shape index (κ1) is 25.5. The number of rotatable bonds is 7. The van der Waals surface area contributed by atoms with Crippen molar-refractivity contribution in [2.75, 3.05) is 32.2 Å². The van der Waals surface area contributed by atoms with Crippen LogP contribution in [-0.4, -0.2) is 44.7 Å². The van der Waals surface area contributed by atoms with Crippen LogP contribution in [0.2, 0.25) is 0 Å². The number of aromatic carboxylic acids is 1. The van der Waals surface area contributed by atoms with Crippen LogP contribution < -0.4 is 4.90 Å². The summed E-state index contributed by atoms with van der Waals surface area (Å²) in [6.45, 7) is 1.98. The van der Waals surface area contributed by atoms with E-state index < -0.39 is 5.97 Å². The Morgan fingerprint density at radius 3 is 2.24 bits per heavy atom. The maximum absolute atomic E-state index is 11.7. The third kappa shape index (κ3) is 5.43. The summed E-state index contributed by atoms with van der Waals surface area (Å²) in [5.41, 5.74) is 6.69. The summed E-state index contributed by atoms with van der Waals surface area (Å²) >= 11 is 0. The highest BCUT2D eigenvalue weighted by Gasteiger charge is 2.31. The molecule has 0 bridgehead atoms. The van der Waals surface area contributed by atoms with Gasteiger partial charge in [0.05, 0.1) is 5.56 Å². The second-order valence-electron chi connectivity index (χ2n) is 10.4. The normalized spacial score (nSPS) is 20.5. The van der Waals surface area contributed by atoms with Gasteiger partial charge in [0.25, 0.3) is 0 Å². The minimum atomic E-state index is -0.862. The van der Waals surface area contributed by atoms with Gasteiger partial charge in [-0.3, -0.25) is 0 Å².